The van der Waals surface area contributed by atoms with E-state index in [1.807, 2.05) is 57.8 Å². The number of hydrogen-bond donors (Lipinski definition) is 0. The number of ether oxygens (including phenoxy) is 1. The number of carbonyl (C=O) groups is 2. The molecule has 1 unspecified atom stereocenters. The number of aryl methyl sites for hydroxylation is 1. The molecule has 32 heavy (non-hydrogen) atoms. The second kappa shape index (κ2) is 8.70. The Morgan fingerprint density at radius 1 is 1.09 bits per heavy atom. The molecule has 166 valence electrons. The van der Waals surface area contributed by atoms with Crippen molar-refractivity contribution < 1.29 is 14.3 Å². The fourth-order valence-electron chi connectivity index (χ4n) is 4.49. The molecule has 0 aliphatic carbocycles. The molecule has 3 aromatic rings. The third kappa shape index (κ3) is 3.75. The Morgan fingerprint density at radius 2 is 1.84 bits per heavy atom. The highest BCUT2D eigenvalue weighted by Gasteiger charge is 2.32. The maximum Gasteiger partial charge on any atom is 0.254 e. The lowest BCUT2D eigenvalue weighted by Crippen LogP contribution is -2.52. The molecular formula is C24H27N5O3. The van der Waals surface area contributed by atoms with E-state index >= 15 is 0 Å². The smallest absolute Gasteiger partial charge is 0.254 e. The Labute approximate surface area is 186 Å². The van der Waals surface area contributed by atoms with E-state index in [2.05, 4.69) is 5.10 Å². The van der Waals surface area contributed by atoms with Crippen molar-refractivity contribution in [3.05, 3.63) is 48.2 Å². The van der Waals surface area contributed by atoms with Crippen LogP contribution in [0.2, 0.25) is 0 Å². The van der Waals surface area contributed by atoms with E-state index in [-0.39, 0.29) is 17.9 Å². The van der Waals surface area contributed by atoms with Crippen molar-refractivity contribution in [2.24, 2.45) is 0 Å². The molecule has 1 aromatic carbocycles. The highest BCUT2D eigenvalue weighted by atomic mass is 16.5. The van der Waals surface area contributed by atoms with Gasteiger partial charge in [-0.1, -0.05) is 30.3 Å². The predicted molar refractivity (Wildman–Crippen MR) is 120 cm³/mol. The van der Waals surface area contributed by atoms with Crippen LogP contribution >= 0.6 is 0 Å². The van der Waals surface area contributed by atoms with Crippen molar-refractivity contribution in [2.75, 3.05) is 32.8 Å². The van der Waals surface area contributed by atoms with Gasteiger partial charge in [-0.15, -0.1) is 0 Å². The molecule has 0 saturated carbocycles. The number of pyridine rings is 1. The Kier molecular flexibility index (Phi) is 5.61. The van der Waals surface area contributed by atoms with Crippen LogP contribution in [0, 0.1) is 0 Å². The topological polar surface area (TPSA) is 80.6 Å². The molecule has 2 aromatic heterocycles. The second-order valence-electron chi connectivity index (χ2n) is 8.24. The largest absolute Gasteiger partial charge is 0.368 e. The fourth-order valence-corrected chi connectivity index (χ4v) is 4.49. The molecule has 0 spiro atoms. The number of amides is 2. The standard InChI is InChI=1S/C24H27N5O3/c1-2-29-22-19(16-25-29)18(15-20(26-22)17-7-4-3-5-8-17)23(30)27-10-12-28(13-11-27)24(31)21-9-6-14-32-21/h3-5,7-8,15-16,21H,2,6,9-14H2,1H3. The lowest BCUT2D eigenvalue weighted by atomic mass is 10.1. The monoisotopic (exact) mass is 433 g/mol. The zero-order chi connectivity index (χ0) is 22.1. The summed E-state index contributed by atoms with van der Waals surface area (Å²) in [5.74, 6) is 0.00550. The molecular weight excluding hydrogens is 406 g/mol. The zero-order valence-corrected chi connectivity index (χ0v) is 18.2. The van der Waals surface area contributed by atoms with Crippen LogP contribution in [-0.2, 0) is 16.1 Å². The van der Waals surface area contributed by atoms with Crippen molar-refractivity contribution in [2.45, 2.75) is 32.4 Å². The summed E-state index contributed by atoms with van der Waals surface area (Å²) < 4.78 is 7.36. The third-order valence-electron chi connectivity index (χ3n) is 6.29. The summed E-state index contributed by atoms with van der Waals surface area (Å²) >= 11 is 0. The lowest BCUT2D eigenvalue weighted by molar-refractivity contribution is -0.142. The molecule has 2 amide bonds. The van der Waals surface area contributed by atoms with Gasteiger partial charge in [-0.2, -0.15) is 5.10 Å². The molecule has 1 atom stereocenters. The molecule has 2 fully saturated rings. The van der Waals surface area contributed by atoms with Gasteiger partial charge in [0.2, 0.25) is 0 Å². The number of hydrogen-bond acceptors (Lipinski definition) is 5. The molecule has 5 rings (SSSR count). The summed E-state index contributed by atoms with van der Waals surface area (Å²) in [5.41, 5.74) is 3.03. The molecule has 2 aliphatic rings. The number of aromatic nitrogens is 3. The van der Waals surface area contributed by atoms with Crippen molar-refractivity contribution in [1.29, 1.82) is 0 Å². The van der Waals surface area contributed by atoms with Crippen LogP contribution in [0.4, 0.5) is 0 Å². The molecule has 8 nitrogen and oxygen atoms in total. The highest BCUT2D eigenvalue weighted by Crippen LogP contribution is 2.26. The van der Waals surface area contributed by atoms with Gasteiger partial charge in [0, 0.05) is 44.9 Å². The molecule has 0 radical (unpaired) electrons. The Bertz CT molecular complexity index is 1130. The average Bonchev–Trinajstić information content (AvgIpc) is 3.53. The fraction of sp³-hybridized carbons (Fsp3) is 0.417. The number of fused-ring (bicyclic) bond motifs is 1. The first kappa shape index (κ1) is 20.6. The SMILES string of the molecule is CCn1ncc2c(C(=O)N3CCN(C(=O)C4CCCO4)CC3)cc(-c3ccccc3)nc21. The van der Waals surface area contributed by atoms with Crippen LogP contribution in [0.15, 0.2) is 42.6 Å². The van der Waals surface area contributed by atoms with E-state index in [1.54, 1.807) is 6.20 Å². The summed E-state index contributed by atoms with van der Waals surface area (Å²) in [5, 5.41) is 5.19. The van der Waals surface area contributed by atoms with E-state index in [0.29, 0.717) is 50.5 Å². The maximum atomic E-state index is 13.6. The molecule has 4 heterocycles. The van der Waals surface area contributed by atoms with Gasteiger partial charge in [-0.3, -0.25) is 9.59 Å². The number of piperazine rings is 1. The Balaban J connectivity index is 1.41. The van der Waals surface area contributed by atoms with Crippen LogP contribution in [0.3, 0.4) is 0 Å². The van der Waals surface area contributed by atoms with Crippen LogP contribution in [0.1, 0.15) is 30.1 Å². The van der Waals surface area contributed by atoms with E-state index in [4.69, 9.17) is 9.72 Å². The van der Waals surface area contributed by atoms with Crippen LogP contribution in [-0.4, -0.2) is 75.3 Å². The molecule has 0 bridgehead atoms. The van der Waals surface area contributed by atoms with E-state index in [9.17, 15) is 9.59 Å². The third-order valence-corrected chi connectivity index (χ3v) is 6.29. The maximum absolute atomic E-state index is 13.6. The van der Waals surface area contributed by atoms with Crippen LogP contribution < -0.4 is 0 Å². The number of benzene rings is 1. The van der Waals surface area contributed by atoms with E-state index < -0.39 is 0 Å². The van der Waals surface area contributed by atoms with Crippen molar-refractivity contribution in [3.8, 4) is 11.3 Å². The van der Waals surface area contributed by atoms with Gasteiger partial charge in [0.25, 0.3) is 11.8 Å². The number of carbonyl (C=O) groups excluding carboxylic acids is 2. The number of nitrogens with zero attached hydrogens (tertiary/aromatic N) is 5. The second-order valence-corrected chi connectivity index (χ2v) is 8.24. The minimum atomic E-state index is -0.314. The van der Waals surface area contributed by atoms with E-state index in [1.165, 1.54) is 0 Å². The minimum absolute atomic E-state index is 0.0468. The van der Waals surface area contributed by atoms with Gasteiger partial charge in [0.1, 0.15) is 6.10 Å². The summed E-state index contributed by atoms with van der Waals surface area (Å²) in [4.78, 5) is 34.7. The lowest BCUT2D eigenvalue weighted by Gasteiger charge is -2.35. The van der Waals surface area contributed by atoms with Gasteiger partial charge < -0.3 is 14.5 Å². The van der Waals surface area contributed by atoms with Crippen molar-refractivity contribution in [3.63, 3.8) is 0 Å². The van der Waals surface area contributed by atoms with Gasteiger partial charge in [-0.25, -0.2) is 9.67 Å². The van der Waals surface area contributed by atoms with Gasteiger partial charge >= 0.3 is 0 Å². The predicted octanol–water partition coefficient (Wildman–Crippen LogP) is 2.58. The molecule has 2 saturated heterocycles. The summed E-state index contributed by atoms with van der Waals surface area (Å²) in [6.45, 7) is 5.40. The first-order chi connectivity index (χ1) is 15.7. The van der Waals surface area contributed by atoms with Crippen molar-refractivity contribution >= 4 is 22.8 Å². The first-order valence-electron chi connectivity index (χ1n) is 11.3. The molecule has 8 heteroatoms. The summed E-state index contributed by atoms with van der Waals surface area (Å²) in [6, 6.07) is 11.7. The summed E-state index contributed by atoms with van der Waals surface area (Å²) in [6.07, 6.45) is 3.13. The highest BCUT2D eigenvalue weighted by molar-refractivity contribution is 6.06. The number of rotatable bonds is 4. The van der Waals surface area contributed by atoms with Gasteiger partial charge in [-0.05, 0) is 25.8 Å². The van der Waals surface area contributed by atoms with Crippen LogP contribution in [0.5, 0.6) is 0 Å². The first-order valence-corrected chi connectivity index (χ1v) is 11.3. The zero-order valence-electron chi connectivity index (χ0n) is 18.2. The minimum Gasteiger partial charge on any atom is -0.368 e. The summed E-state index contributed by atoms with van der Waals surface area (Å²) in [7, 11) is 0. The Hall–Kier alpha value is -3.26. The molecule has 2 aliphatic heterocycles. The molecule has 0 N–H and O–H groups in total. The Morgan fingerprint density at radius 3 is 2.53 bits per heavy atom. The van der Waals surface area contributed by atoms with Gasteiger partial charge in [0.05, 0.1) is 22.8 Å². The van der Waals surface area contributed by atoms with Crippen LogP contribution in [0.25, 0.3) is 22.3 Å². The average molecular weight is 434 g/mol. The normalized spacial score (nSPS) is 19.0. The van der Waals surface area contributed by atoms with Gasteiger partial charge in [0.15, 0.2) is 5.65 Å². The van der Waals surface area contributed by atoms with E-state index in [0.717, 1.165) is 29.5 Å². The quantitative estimate of drug-likeness (QED) is 0.632. The van der Waals surface area contributed by atoms with Crippen molar-refractivity contribution in [1.82, 2.24) is 24.6 Å².